The van der Waals surface area contributed by atoms with Crippen molar-refractivity contribution in [1.29, 1.82) is 0 Å². The van der Waals surface area contributed by atoms with Crippen LogP contribution in [0.2, 0.25) is 0 Å². The van der Waals surface area contributed by atoms with Gasteiger partial charge in [-0.1, -0.05) is 55.5 Å². The number of nitrogens with one attached hydrogen (secondary N) is 1. The molecule has 0 radical (unpaired) electrons. The summed E-state index contributed by atoms with van der Waals surface area (Å²) in [4.78, 5) is 27.6. The van der Waals surface area contributed by atoms with Gasteiger partial charge in [-0.05, 0) is 48.4 Å². The first-order valence-electron chi connectivity index (χ1n) is 11.2. The molecule has 0 aliphatic heterocycles. The summed E-state index contributed by atoms with van der Waals surface area (Å²) in [6.45, 7) is 1.33. The lowest BCUT2D eigenvalue weighted by atomic mass is 10.1. The Bertz CT molecular complexity index is 1240. The van der Waals surface area contributed by atoms with Crippen molar-refractivity contribution in [2.75, 3.05) is 17.9 Å². The van der Waals surface area contributed by atoms with E-state index in [4.69, 9.17) is 0 Å². The van der Waals surface area contributed by atoms with Crippen LogP contribution < -0.4 is 9.62 Å². The van der Waals surface area contributed by atoms with Crippen molar-refractivity contribution < 1.29 is 22.4 Å². The van der Waals surface area contributed by atoms with Crippen molar-refractivity contribution in [2.45, 2.75) is 30.8 Å². The number of hydrogen-bond acceptors (Lipinski definition) is 4. The van der Waals surface area contributed by atoms with Crippen LogP contribution in [0.1, 0.15) is 18.9 Å². The molecule has 3 aromatic carbocycles. The fraction of sp³-hybridized carbons (Fsp3) is 0.231. The monoisotopic (exact) mass is 497 g/mol. The Morgan fingerprint density at radius 3 is 2.03 bits per heavy atom. The van der Waals surface area contributed by atoms with Crippen LogP contribution in [0.25, 0.3) is 0 Å². The zero-order chi connectivity index (χ0) is 25.4. The minimum absolute atomic E-state index is 0.00919. The minimum atomic E-state index is -4.16. The van der Waals surface area contributed by atoms with Gasteiger partial charge in [0, 0.05) is 13.6 Å². The second-order valence-electron chi connectivity index (χ2n) is 7.85. The highest BCUT2D eigenvalue weighted by molar-refractivity contribution is 7.92. The normalized spacial score (nSPS) is 12.0. The van der Waals surface area contributed by atoms with Gasteiger partial charge in [-0.25, -0.2) is 12.8 Å². The summed E-state index contributed by atoms with van der Waals surface area (Å²) in [6, 6.07) is 20.9. The van der Waals surface area contributed by atoms with E-state index < -0.39 is 34.3 Å². The highest BCUT2D eigenvalue weighted by Gasteiger charge is 2.33. The number of carbonyl (C=O) groups excluding carboxylic acids is 2. The van der Waals surface area contributed by atoms with Gasteiger partial charge in [0.1, 0.15) is 18.4 Å². The van der Waals surface area contributed by atoms with E-state index in [0.29, 0.717) is 6.42 Å². The lowest BCUT2D eigenvalue weighted by Gasteiger charge is -2.33. The zero-order valence-corrected chi connectivity index (χ0v) is 20.4. The van der Waals surface area contributed by atoms with Gasteiger partial charge in [0.2, 0.25) is 11.8 Å². The van der Waals surface area contributed by atoms with Gasteiger partial charge >= 0.3 is 0 Å². The predicted octanol–water partition coefficient (Wildman–Crippen LogP) is 3.57. The Morgan fingerprint density at radius 1 is 0.914 bits per heavy atom. The Labute approximate surface area is 205 Å². The van der Waals surface area contributed by atoms with Gasteiger partial charge in [0.05, 0.1) is 10.6 Å². The number of hydrogen-bond donors (Lipinski definition) is 1. The molecule has 1 N–H and O–H groups in total. The summed E-state index contributed by atoms with van der Waals surface area (Å²) in [5, 5.41) is 2.58. The van der Waals surface area contributed by atoms with Crippen molar-refractivity contribution in [2.24, 2.45) is 0 Å². The third-order valence-corrected chi connectivity index (χ3v) is 7.34. The van der Waals surface area contributed by atoms with Gasteiger partial charge in [0.15, 0.2) is 0 Å². The summed E-state index contributed by atoms with van der Waals surface area (Å²) in [5.74, 6) is -1.45. The molecule has 9 heteroatoms. The standard InChI is InChI=1S/C26H28FN3O4S/c1-3-24(26(32)28-2)29(18-20-10-6-4-7-11-20)25(31)19-30(22-16-14-21(27)15-17-22)35(33,34)23-12-8-5-9-13-23/h4-17,24H,3,18-19H2,1-2H3,(H,28,32)/t24-/m1/s1. The Hall–Kier alpha value is -3.72. The van der Waals surface area contributed by atoms with E-state index in [1.807, 2.05) is 30.3 Å². The molecule has 0 spiro atoms. The second-order valence-corrected chi connectivity index (χ2v) is 9.71. The molecular weight excluding hydrogens is 469 g/mol. The average molecular weight is 498 g/mol. The van der Waals surface area contributed by atoms with Gasteiger partial charge in [-0.15, -0.1) is 0 Å². The van der Waals surface area contributed by atoms with Crippen LogP contribution in [0.4, 0.5) is 10.1 Å². The van der Waals surface area contributed by atoms with E-state index in [9.17, 15) is 22.4 Å². The molecule has 0 bridgehead atoms. The van der Waals surface area contributed by atoms with Gasteiger partial charge in [-0.3, -0.25) is 13.9 Å². The molecule has 184 valence electrons. The third kappa shape index (κ3) is 6.24. The topological polar surface area (TPSA) is 86.8 Å². The first kappa shape index (κ1) is 25.9. The number of anilines is 1. The van der Waals surface area contributed by atoms with Crippen LogP contribution in [0.3, 0.4) is 0 Å². The number of benzene rings is 3. The third-order valence-electron chi connectivity index (χ3n) is 5.55. The van der Waals surface area contributed by atoms with Gasteiger partial charge in [0.25, 0.3) is 10.0 Å². The van der Waals surface area contributed by atoms with Gasteiger partial charge < -0.3 is 10.2 Å². The van der Waals surface area contributed by atoms with Crippen LogP contribution in [-0.4, -0.2) is 44.8 Å². The maximum atomic E-state index is 13.7. The van der Waals surface area contributed by atoms with E-state index in [2.05, 4.69) is 5.32 Å². The Kier molecular flexibility index (Phi) is 8.59. The van der Waals surface area contributed by atoms with Gasteiger partial charge in [-0.2, -0.15) is 0 Å². The van der Waals surface area contributed by atoms with Crippen LogP contribution in [0, 0.1) is 5.82 Å². The molecule has 3 aromatic rings. The number of halogens is 1. The van der Waals surface area contributed by atoms with Crippen molar-refractivity contribution in [3.05, 3.63) is 96.3 Å². The zero-order valence-electron chi connectivity index (χ0n) is 19.6. The SMILES string of the molecule is CC[C@H](C(=O)NC)N(Cc1ccccc1)C(=O)CN(c1ccc(F)cc1)S(=O)(=O)c1ccccc1. The molecule has 0 aromatic heterocycles. The quantitative estimate of drug-likeness (QED) is 0.464. The van der Waals surface area contributed by atoms with Crippen LogP contribution in [0.5, 0.6) is 0 Å². The van der Waals surface area contributed by atoms with Crippen molar-refractivity contribution in [3.63, 3.8) is 0 Å². The highest BCUT2D eigenvalue weighted by atomic mass is 32.2. The summed E-state index contributed by atoms with van der Waals surface area (Å²) < 4.78 is 41.6. The lowest BCUT2D eigenvalue weighted by molar-refractivity contribution is -0.140. The lowest BCUT2D eigenvalue weighted by Crippen LogP contribution is -2.51. The Balaban J connectivity index is 2.03. The first-order valence-corrected chi connectivity index (χ1v) is 12.6. The molecule has 3 rings (SSSR count). The molecule has 1 atom stereocenters. The molecule has 0 aliphatic carbocycles. The molecule has 0 aliphatic rings. The summed E-state index contributed by atoms with van der Waals surface area (Å²) in [7, 11) is -2.68. The number of likely N-dealkylation sites (N-methyl/N-ethyl adjacent to an activating group) is 1. The largest absolute Gasteiger partial charge is 0.357 e. The predicted molar refractivity (Wildman–Crippen MR) is 133 cm³/mol. The molecular formula is C26H28FN3O4S. The van der Waals surface area contributed by atoms with Crippen molar-refractivity contribution >= 4 is 27.5 Å². The highest BCUT2D eigenvalue weighted by Crippen LogP contribution is 2.25. The number of sulfonamides is 1. The van der Waals surface area contributed by atoms with E-state index in [1.54, 1.807) is 25.1 Å². The summed E-state index contributed by atoms with van der Waals surface area (Å²) in [6.07, 6.45) is 0.334. The van der Waals surface area contributed by atoms with Crippen molar-refractivity contribution in [3.8, 4) is 0 Å². The second kappa shape index (κ2) is 11.6. The molecule has 0 unspecified atom stereocenters. The number of rotatable bonds is 10. The van der Waals surface area contributed by atoms with Crippen LogP contribution >= 0.6 is 0 Å². The number of carbonyl (C=O) groups is 2. The average Bonchev–Trinajstić information content (AvgIpc) is 2.88. The molecule has 0 saturated heterocycles. The Morgan fingerprint density at radius 2 is 1.49 bits per heavy atom. The van der Waals surface area contributed by atoms with E-state index in [1.165, 1.54) is 36.2 Å². The maximum Gasteiger partial charge on any atom is 0.264 e. The molecule has 0 heterocycles. The summed E-state index contributed by atoms with van der Waals surface area (Å²) >= 11 is 0. The maximum absolute atomic E-state index is 13.7. The van der Waals surface area contributed by atoms with Crippen LogP contribution in [-0.2, 0) is 26.2 Å². The molecule has 2 amide bonds. The molecule has 0 saturated carbocycles. The molecule has 7 nitrogen and oxygen atoms in total. The summed E-state index contributed by atoms with van der Waals surface area (Å²) in [5.41, 5.74) is 0.929. The molecule has 35 heavy (non-hydrogen) atoms. The van der Waals surface area contributed by atoms with E-state index in [0.717, 1.165) is 22.0 Å². The fourth-order valence-electron chi connectivity index (χ4n) is 3.72. The number of nitrogens with zero attached hydrogens (tertiary/aromatic N) is 2. The minimum Gasteiger partial charge on any atom is -0.357 e. The fourth-order valence-corrected chi connectivity index (χ4v) is 5.16. The number of amides is 2. The van der Waals surface area contributed by atoms with E-state index >= 15 is 0 Å². The van der Waals surface area contributed by atoms with E-state index in [-0.39, 0.29) is 23.0 Å². The van der Waals surface area contributed by atoms with Crippen LogP contribution in [0.15, 0.2) is 89.8 Å². The van der Waals surface area contributed by atoms with Crippen molar-refractivity contribution in [1.82, 2.24) is 10.2 Å². The smallest absolute Gasteiger partial charge is 0.264 e. The first-order chi connectivity index (χ1) is 16.8. The molecule has 0 fully saturated rings.